The molecule has 1 aromatic carbocycles. The van der Waals surface area contributed by atoms with E-state index in [0.29, 0.717) is 0 Å². The Morgan fingerprint density at radius 2 is 1.93 bits per heavy atom. The Morgan fingerprint density at radius 3 is 2.29 bits per heavy atom. The van der Waals surface area contributed by atoms with Crippen molar-refractivity contribution in [2.45, 2.75) is 9.79 Å². The number of benzene rings is 1. The molecular weight excluding hydrogens is 228 g/mol. The van der Waals surface area contributed by atoms with E-state index in [1.165, 1.54) is 12.1 Å². The van der Waals surface area contributed by atoms with E-state index in [9.17, 15) is 13.2 Å². The van der Waals surface area contributed by atoms with Crippen molar-refractivity contribution in [3.63, 3.8) is 0 Å². The summed E-state index contributed by atoms with van der Waals surface area (Å²) in [6.07, 6.45) is 0. The number of carbonyl (C=O) groups is 1. The largest absolute Gasteiger partial charge is 0.478 e. The molecule has 0 aliphatic rings. The summed E-state index contributed by atoms with van der Waals surface area (Å²) in [6, 6.07) is 3.68. The van der Waals surface area contributed by atoms with Crippen LogP contribution in [-0.2, 0) is 10.1 Å². The van der Waals surface area contributed by atoms with Crippen molar-refractivity contribution >= 4 is 28.7 Å². The summed E-state index contributed by atoms with van der Waals surface area (Å²) in [5.41, 5.74) is -0.500. The van der Waals surface area contributed by atoms with Gasteiger partial charge in [-0.2, -0.15) is 8.42 Å². The highest BCUT2D eigenvalue weighted by Crippen LogP contribution is 2.23. The zero-order chi connectivity index (χ0) is 10.9. The molecule has 76 valence electrons. The van der Waals surface area contributed by atoms with Crippen LogP contribution in [-0.4, -0.2) is 24.0 Å². The third kappa shape index (κ3) is 2.06. The first-order valence-electron chi connectivity index (χ1n) is 3.37. The third-order valence-corrected chi connectivity index (χ3v) is 2.96. The van der Waals surface area contributed by atoms with Gasteiger partial charge in [-0.1, -0.05) is 6.07 Å². The number of thiol groups is 1. The molecule has 0 unspecified atom stereocenters. The highest BCUT2D eigenvalue weighted by molar-refractivity contribution is 7.87. The van der Waals surface area contributed by atoms with Crippen LogP contribution in [0.15, 0.2) is 28.0 Å². The van der Waals surface area contributed by atoms with Crippen LogP contribution < -0.4 is 0 Å². The summed E-state index contributed by atoms with van der Waals surface area (Å²) in [7, 11) is -4.57. The Labute approximate surface area is 85.5 Å². The van der Waals surface area contributed by atoms with Gasteiger partial charge in [-0.15, -0.1) is 12.6 Å². The van der Waals surface area contributed by atoms with Gasteiger partial charge in [0.25, 0.3) is 10.1 Å². The van der Waals surface area contributed by atoms with Crippen LogP contribution in [0.5, 0.6) is 0 Å². The first kappa shape index (κ1) is 11.0. The van der Waals surface area contributed by atoms with Gasteiger partial charge in [0.05, 0.1) is 5.56 Å². The van der Waals surface area contributed by atoms with Crippen LogP contribution in [0, 0.1) is 0 Å². The summed E-state index contributed by atoms with van der Waals surface area (Å²) in [5, 5.41) is 8.64. The minimum atomic E-state index is -4.57. The van der Waals surface area contributed by atoms with Gasteiger partial charge < -0.3 is 5.11 Å². The van der Waals surface area contributed by atoms with Gasteiger partial charge in [-0.3, -0.25) is 4.55 Å². The second-order valence-corrected chi connectivity index (χ2v) is 4.27. The summed E-state index contributed by atoms with van der Waals surface area (Å²) in [4.78, 5) is 9.82. The number of carboxylic acids is 1. The zero-order valence-corrected chi connectivity index (χ0v) is 8.42. The lowest BCUT2D eigenvalue weighted by Gasteiger charge is -2.04. The highest BCUT2D eigenvalue weighted by atomic mass is 32.2. The van der Waals surface area contributed by atoms with Crippen LogP contribution in [0.1, 0.15) is 10.4 Å². The molecule has 0 aromatic heterocycles. The molecule has 0 spiro atoms. The minimum Gasteiger partial charge on any atom is -0.478 e. The maximum atomic E-state index is 10.8. The minimum absolute atomic E-state index is 0.104. The second kappa shape index (κ2) is 3.60. The van der Waals surface area contributed by atoms with Crippen LogP contribution in [0.2, 0.25) is 0 Å². The van der Waals surface area contributed by atoms with E-state index in [1.54, 1.807) is 0 Å². The lowest BCUT2D eigenvalue weighted by molar-refractivity contribution is 0.0691. The molecule has 5 nitrogen and oxygen atoms in total. The van der Waals surface area contributed by atoms with Crippen LogP contribution >= 0.6 is 12.6 Å². The predicted octanol–water partition coefficient (Wildman–Crippen LogP) is 0.920. The fraction of sp³-hybridized carbons (Fsp3) is 0. The van der Waals surface area contributed by atoms with E-state index in [2.05, 4.69) is 12.6 Å². The molecule has 2 N–H and O–H groups in total. The first-order chi connectivity index (χ1) is 6.34. The summed E-state index contributed by atoms with van der Waals surface area (Å²) < 4.78 is 30.4. The van der Waals surface area contributed by atoms with Crippen LogP contribution in [0.25, 0.3) is 0 Å². The highest BCUT2D eigenvalue weighted by Gasteiger charge is 2.22. The molecule has 0 heterocycles. The molecule has 0 amide bonds. The molecule has 0 aliphatic carbocycles. The maximum absolute atomic E-state index is 10.8. The van der Waals surface area contributed by atoms with E-state index >= 15 is 0 Å². The van der Waals surface area contributed by atoms with Crippen molar-refractivity contribution < 1.29 is 22.9 Å². The molecule has 0 fully saturated rings. The van der Waals surface area contributed by atoms with Crippen molar-refractivity contribution in [2.75, 3.05) is 0 Å². The quantitative estimate of drug-likeness (QED) is 0.522. The topological polar surface area (TPSA) is 91.7 Å². The molecule has 14 heavy (non-hydrogen) atoms. The lowest BCUT2D eigenvalue weighted by atomic mass is 10.2. The summed E-state index contributed by atoms with van der Waals surface area (Å²) >= 11 is 3.75. The standard InChI is InChI=1S/C7H6O5S2/c8-7(9)4-2-1-3-5(13)6(4)14(10,11)12/h1-3,13H,(H,8,9)(H,10,11,12). The number of carboxylic acid groups (broad SMARTS) is 1. The second-order valence-electron chi connectivity index (χ2n) is 2.43. The molecule has 1 rings (SSSR count). The van der Waals surface area contributed by atoms with E-state index in [4.69, 9.17) is 9.66 Å². The van der Waals surface area contributed by atoms with Gasteiger partial charge >= 0.3 is 5.97 Å². The van der Waals surface area contributed by atoms with Crippen molar-refractivity contribution in [1.82, 2.24) is 0 Å². The molecule has 1 aromatic rings. The van der Waals surface area contributed by atoms with Crippen molar-refractivity contribution in [2.24, 2.45) is 0 Å². The number of hydrogen-bond acceptors (Lipinski definition) is 4. The number of aromatic carboxylic acids is 1. The number of hydrogen-bond donors (Lipinski definition) is 3. The normalized spacial score (nSPS) is 11.3. The molecule has 0 atom stereocenters. The molecule has 7 heteroatoms. The molecule has 0 saturated heterocycles. The van der Waals surface area contributed by atoms with Gasteiger partial charge in [0.2, 0.25) is 0 Å². The fourth-order valence-corrected chi connectivity index (χ4v) is 2.28. The molecular formula is C7H6O5S2. The predicted molar refractivity (Wildman–Crippen MR) is 50.5 cm³/mol. The van der Waals surface area contributed by atoms with Gasteiger partial charge in [0.1, 0.15) is 4.90 Å². The smallest absolute Gasteiger partial charge is 0.337 e. The van der Waals surface area contributed by atoms with Gasteiger partial charge in [0, 0.05) is 4.90 Å². The molecule has 0 saturated carbocycles. The van der Waals surface area contributed by atoms with Crippen molar-refractivity contribution in [3.8, 4) is 0 Å². The van der Waals surface area contributed by atoms with Gasteiger partial charge in [-0.25, -0.2) is 4.79 Å². The third-order valence-electron chi connectivity index (χ3n) is 1.48. The Balaban J connectivity index is 3.62. The summed E-state index contributed by atoms with van der Waals surface area (Å²) in [6.45, 7) is 0. The Bertz CT molecular complexity index is 477. The lowest BCUT2D eigenvalue weighted by Crippen LogP contribution is -2.08. The summed E-state index contributed by atoms with van der Waals surface area (Å²) in [5.74, 6) is -1.44. The van der Waals surface area contributed by atoms with E-state index in [1.807, 2.05) is 0 Å². The Morgan fingerprint density at radius 1 is 1.36 bits per heavy atom. The number of rotatable bonds is 2. The monoisotopic (exact) mass is 234 g/mol. The average molecular weight is 234 g/mol. The van der Waals surface area contributed by atoms with E-state index in [0.717, 1.165) is 6.07 Å². The van der Waals surface area contributed by atoms with Crippen LogP contribution in [0.3, 0.4) is 0 Å². The van der Waals surface area contributed by atoms with Crippen LogP contribution in [0.4, 0.5) is 0 Å². The van der Waals surface area contributed by atoms with E-state index < -0.39 is 26.5 Å². The molecule has 0 aliphatic heterocycles. The zero-order valence-electron chi connectivity index (χ0n) is 6.71. The molecule has 0 radical (unpaired) electrons. The Hall–Kier alpha value is -1.05. The van der Waals surface area contributed by atoms with Crippen molar-refractivity contribution in [1.29, 1.82) is 0 Å². The fourth-order valence-electron chi connectivity index (χ4n) is 0.964. The average Bonchev–Trinajstić information content (AvgIpc) is 2.01. The van der Waals surface area contributed by atoms with Gasteiger partial charge in [0.15, 0.2) is 0 Å². The van der Waals surface area contributed by atoms with Gasteiger partial charge in [-0.05, 0) is 12.1 Å². The Kier molecular flexibility index (Phi) is 2.84. The first-order valence-corrected chi connectivity index (χ1v) is 5.25. The molecule has 0 bridgehead atoms. The van der Waals surface area contributed by atoms with Crippen molar-refractivity contribution in [3.05, 3.63) is 23.8 Å². The van der Waals surface area contributed by atoms with E-state index in [-0.39, 0.29) is 4.90 Å². The maximum Gasteiger partial charge on any atom is 0.337 e. The SMILES string of the molecule is O=C(O)c1cccc(S)c1S(=O)(=O)O.